The van der Waals surface area contributed by atoms with Crippen LogP contribution in [-0.2, 0) is 0 Å². The number of hydrogen-bond donors (Lipinski definition) is 1. The van der Waals surface area contributed by atoms with Crippen LogP contribution in [0, 0.1) is 17.3 Å². The molecular formula is C17H35N3. The van der Waals surface area contributed by atoms with Gasteiger partial charge in [0.05, 0.1) is 0 Å². The van der Waals surface area contributed by atoms with Crippen LogP contribution in [0.1, 0.15) is 45.4 Å². The normalized spacial score (nSPS) is 33.8. The zero-order valence-electron chi connectivity index (χ0n) is 13.9. The van der Waals surface area contributed by atoms with Crippen molar-refractivity contribution in [3.63, 3.8) is 0 Å². The summed E-state index contributed by atoms with van der Waals surface area (Å²) in [6.45, 7) is 8.30. The number of likely N-dealkylation sites (tertiary alicyclic amines) is 1. The fourth-order valence-electron chi connectivity index (χ4n) is 4.12. The molecule has 20 heavy (non-hydrogen) atoms. The molecule has 3 heteroatoms. The lowest BCUT2D eigenvalue weighted by atomic mass is 9.70. The van der Waals surface area contributed by atoms with Gasteiger partial charge in [-0.1, -0.05) is 19.8 Å². The molecule has 2 fully saturated rings. The van der Waals surface area contributed by atoms with E-state index in [1.165, 1.54) is 64.7 Å². The minimum Gasteiger partial charge on any atom is -0.330 e. The molecule has 0 aromatic rings. The number of piperidine rings is 1. The standard InChI is InChI=1S/C17H35N3/c1-15-4-8-17(13-18,9-5-15)14-20(3)12-16-6-10-19(2)11-7-16/h15-16H,4-14,18H2,1-3H3. The van der Waals surface area contributed by atoms with Crippen molar-refractivity contribution in [1.29, 1.82) is 0 Å². The highest BCUT2D eigenvalue weighted by Gasteiger charge is 2.34. The first-order valence-electron chi connectivity index (χ1n) is 8.60. The third kappa shape index (κ3) is 4.44. The van der Waals surface area contributed by atoms with Gasteiger partial charge in [-0.2, -0.15) is 0 Å². The first-order valence-corrected chi connectivity index (χ1v) is 8.60. The molecule has 0 atom stereocenters. The van der Waals surface area contributed by atoms with Crippen LogP contribution in [0.3, 0.4) is 0 Å². The largest absolute Gasteiger partial charge is 0.330 e. The van der Waals surface area contributed by atoms with Crippen molar-refractivity contribution in [3.05, 3.63) is 0 Å². The van der Waals surface area contributed by atoms with Gasteiger partial charge in [0, 0.05) is 13.1 Å². The van der Waals surface area contributed by atoms with Gasteiger partial charge in [0.15, 0.2) is 0 Å². The monoisotopic (exact) mass is 281 g/mol. The Morgan fingerprint density at radius 2 is 1.75 bits per heavy atom. The van der Waals surface area contributed by atoms with Crippen molar-refractivity contribution >= 4 is 0 Å². The summed E-state index contributed by atoms with van der Waals surface area (Å²) in [5.74, 6) is 1.81. The molecule has 0 spiro atoms. The zero-order chi connectivity index (χ0) is 14.6. The molecule has 2 N–H and O–H groups in total. The highest BCUT2D eigenvalue weighted by molar-refractivity contribution is 4.88. The van der Waals surface area contributed by atoms with Crippen LogP contribution in [-0.4, -0.2) is 56.6 Å². The summed E-state index contributed by atoms with van der Waals surface area (Å²) in [6.07, 6.45) is 8.16. The minimum absolute atomic E-state index is 0.409. The summed E-state index contributed by atoms with van der Waals surface area (Å²) < 4.78 is 0. The summed E-state index contributed by atoms with van der Waals surface area (Å²) in [5.41, 5.74) is 6.56. The highest BCUT2D eigenvalue weighted by atomic mass is 15.1. The van der Waals surface area contributed by atoms with E-state index >= 15 is 0 Å². The van der Waals surface area contributed by atoms with Gasteiger partial charge in [0.25, 0.3) is 0 Å². The second-order valence-corrected chi connectivity index (χ2v) is 7.83. The lowest BCUT2D eigenvalue weighted by molar-refractivity contribution is 0.0900. The molecule has 118 valence electrons. The van der Waals surface area contributed by atoms with E-state index < -0.39 is 0 Å². The van der Waals surface area contributed by atoms with Crippen LogP contribution in [0.15, 0.2) is 0 Å². The van der Waals surface area contributed by atoms with E-state index in [0.29, 0.717) is 5.41 Å². The molecule has 1 saturated carbocycles. The van der Waals surface area contributed by atoms with Crippen molar-refractivity contribution in [3.8, 4) is 0 Å². The Hall–Kier alpha value is -0.120. The molecule has 1 aliphatic carbocycles. The van der Waals surface area contributed by atoms with Crippen molar-refractivity contribution in [2.24, 2.45) is 23.0 Å². The number of hydrogen-bond acceptors (Lipinski definition) is 3. The fraction of sp³-hybridized carbons (Fsp3) is 1.00. The SMILES string of the molecule is CC1CCC(CN)(CN(C)CC2CCN(C)CC2)CC1. The van der Waals surface area contributed by atoms with Gasteiger partial charge < -0.3 is 15.5 Å². The Morgan fingerprint density at radius 3 is 2.30 bits per heavy atom. The third-order valence-electron chi connectivity index (χ3n) is 5.78. The molecule has 0 aromatic heterocycles. The van der Waals surface area contributed by atoms with Gasteiger partial charge >= 0.3 is 0 Å². The molecule has 0 radical (unpaired) electrons. The van der Waals surface area contributed by atoms with Crippen LogP contribution in [0.5, 0.6) is 0 Å². The van der Waals surface area contributed by atoms with E-state index in [9.17, 15) is 0 Å². The van der Waals surface area contributed by atoms with E-state index in [1.807, 2.05) is 0 Å². The van der Waals surface area contributed by atoms with Gasteiger partial charge in [-0.25, -0.2) is 0 Å². The maximum Gasteiger partial charge on any atom is 0.00471 e. The topological polar surface area (TPSA) is 32.5 Å². The lowest BCUT2D eigenvalue weighted by Crippen LogP contribution is -2.45. The summed E-state index contributed by atoms with van der Waals surface area (Å²) in [5, 5.41) is 0. The maximum absolute atomic E-state index is 6.15. The highest BCUT2D eigenvalue weighted by Crippen LogP contribution is 2.38. The van der Waals surface area contributed by atoms with Gasteiger partial charge in [-0.15, -0.1) is 0 Å². The summed E-state index contributed by atoms with van der Waals surface area (Å²) >= 11 is 0. The predicted octanol–water partition coefficient (Wildman–Crippen LogP) is 2.42. The molecule has 1 saturated heterocycles. The lowest BCUT2D eigenvalue weighted by Gasteiger charge is -2.42. The van der Waals surface area contributed by atoms with E-state index in [1.54, 1.807) is 0 Å². The minimum atomic E-state index is 0.409. The second kappa shape index (κ2) is 7.24. The van der Waals surface area contributed by atoms with Gasteiger partial charge in [0.1, 0.15) is 0 Å². The molecule has 2 aliphatic rings. The summed E-state index contributed by atoms with van der Waals surface area (Å²) in [6, 6.07) is 0. The van der Waals surface area contributed by atoms with Crippen LogP contribution in [0.4, 0.5) is 0 Å². The second-order valence-electron chi connectivity index (χ2n) is 7.83. The number of nitrogens with zero attached hydrogens (tertiary/aromatic N) is 2. The molecule has 2 rings (SSSR count). The number of rotatable bonds is 5. The number of nitrogens with two attached hydrogens (primary N) is 1. The van der Waals surface area contributed by atoms with E-state index in [4.69, 9.17) is 5.73 Å². The summed E-state index contributed by atoms with van der Waals surface area (Å²) in [7, 11) is 4.56. The molecular weight excluding hydrogens is 246 g/mol. The van der Waals surface area contributed by atoms with Crippen molar-refractivity contribution in [2.75, 3.05) is 46.8 Å². The molecule has 0 bridgehead atoms. The predicted molar refractivity (Wildman–Crippen MR) is 86.8 cm³/mol. The molecule has 1 heterocycles. The Kier molecular flexibility index (Phi) is 5.88. The van der Waals surface area contributed by atoms with Gasteiger partial charge in [-0.3, -0.25) is 0 Å². The van der Waals surface area contributed by atoms with Crippen LogP contribution in [0.2, 0.25) is 0 Å². The van der Waals surface area contributed by atoms with Crippen molar-refractivity contribution < 1.29 is 0 Å². The van der Waals surface area contributed by atoms with Crippen molar-refractivity contribution in [2.45, 2.75) is 45.4 Å². The first kappa shape index (κ1) is 16.3. The average Bonchev–Trinajstić information content (AvgIpc) is 2.44. The maximum atomic E-state index is 6.15. The van der Waals surface area contributed by atoms with E-state index in [0.717, 1.165) is 18.4 Å². The van der Waals surface area contributed by atoms with E-state index in [-0.39, 0.29) is 0 Å². The molecule has 0 amide bonds. The quantitative estimate of drug-likeness (QED) is 0.840. The Morgan fingerprint density at radius 1 is 1.15 bits per heavy atom. The third-order valence-corrected chi connectivity index (χ3v) is 5.78. The zero-order valence-corrected chi connectivity index (χ0v) is 13.9. The Labute approximate surface area is 125 Å². The van der Waals surface area contributed by atoms with E-state index in [2.05, 4.69) is 30.8 Å². The summed E-state index contributed by atoms with van der Waals surface area (Å²) in [4.78, 5) is 5.04. The molecule has 1 aliphatic heterocycles. The van der Waals surface area contributed by atoms with Gasteiger partial charge in [-0.05, 0) is 76.7 Å². The molecule has 0 aromatic carbocycles. The van der Waals surface area contributed by atoms with Crippen LogP contribution < -0.4 is 5.73 Å². The van der Waals surface area contributed by atoms with Crippen LogP contribution >= 0.6 is 0 Å². The first-order chi connectivity index (χ1) is 9.53. The smallest absolute Gasteiger partial charge is 0.00471 e. The van der Waals surface area contributed by atoms with Crippen LogP contribution in [0.25, 0.3) is 0 Å². The van der Waals surface area contributed by atoms with Gasteiger partial charge in [0.2, 0.25) is 0 Å². The molecule has 0 unspecified atom stereocenters. The Balaban J connectivity index is 1.78. The fourth-order valence-corrected chi connectivity index (χ4v) is 4.12. The average molecular weight is 281 g/mol. The molecule has 3 nitrogen and oxygen atoms in total. The van der Waals surface area contributed by atoms with Crippen molar-refractivity contribution in [1.82, 2.24) is 9.80 Å². The Bertz CT molecular complexity index is 276.